The fraction of sp³-hybridized carbons (Fsp3) is 0.615. The van der Waals surface area contributed by atoms with Crippen LogP contribution in [-0.4, -0.2) is 30.4 Å². The van der Waals surface area contributed by atoms with Crippen molar-refractivity contribution in [3.63, 3.8) is 0 Å². The summed E-state index contributed by atoms with van der Waals surface area (Å²) in [6.07, 6.45) is 6.79. The van der Waals surface area contributed by atoms with Gasteiger partial charge in [-0.1, -0.05) is 6.92 Å². The molecule has 0 aliphatic carbocycles. The molecular formula is C13H20N6. The molecular weight excluding hydrogens is 240 g/mol. The molecule has 3 heterocycles. The lowest BCUT2D eigenvalue weighted by molar-refractivity contribution is 0.355. The van der Waals surface area contributed by atoms with E-state index in [1.165, 1.54) is 5.69 Å². The lowest BCUT2D eigenvalue weighted by Crippen LogP contribution is -2.37. The first-order chi connectivity index (χ1) is 9.26. The first-order valence-electron chi connectivity index (χ1n) is 6.87. The first kappa shape index (κ1) is 12.3. The van der Waals surface area contributed by atoms with E-state index in [1.54, 1.807) is 0 Å². The predicted octanol–water partition coefficient (Wildman–Crippen LogP) is 0.679. The van der Waals surface area contributed by atoms with Gasteiger partial charge in [0.1, 0.15) is 5.82 Å². The summed E-state index contributed by atoms with van der Waals surface area (Å²) >= 11 is 0. The van der Waals surface area contributed by atoms with E-state index >= 15 is 0 Å². The van der Waals surface area contributed by atoms with Crippen molar-refractivity contribution in [1.29, 1.82) is 0 Å². The van der Waals surface area contributed by atoms with Crippen LogP contribution in [-0.2, 0) is 33.0 Å². The van der Waals surface area contributed by atoms with Crippen LogP contribution in [0.25, 0.3) is 0 Å². The van der Waals surface area contributed by atoms with Crippen LogP contribution in [0.5, 0.6) is 0 Å². The van der Waals surface area contributed by atoms with Crippen LogP contribution in [0, 0.1) is 0 Å². The Hall–Kier alpha value is -1.69. The minimum Gasteiger partial charge on any atom is -0.337 e. The average Bonchev–Trinajstić information content (AvgIpc) is 3.01. The highest BCUT2D eigenvalue weighted by Gasteiger charge is 2.20. The van der Waals surface area contributed by atoms with Crippen molar-refractivity contribution in [1.82, 2.24) is 29.6 Å². The van der Waals surface area contributed by atoms with E-state index in [1.807, 2.05) is 24.1 Å². The Morgan fingerprint density at radius 3 is 3.11 bits per heavy atom. The number of rotatable bonds is 4. The van der Waals surface area contributed by atoms with E-state index in [9.17, 15) is 0 Å². The number of aromatic nitrogens is 5. The van der Waals surface area contributed by atoms with E-state index in [0.717, 1.165) is 44.0 Å². The van der Waals surface area contributed by atoms with Crippen molar-refractivity contribution in [2.75, 3.05) is 0 Å². The Morgan fingerprint density at radius 1 is 1.47 bits per heavy atom. The maximum absolute atomic E-state index is 4.54. The predicted molar refractivity (Wildman–Crippen MR) is 71.6 cm³/mol. The zero-order valence-electron chi connectivity index (χ0n) is 11.5. The third-order valence-corrected chi connectivity index (χ3v) is 3.71. The van der Waals surface area contributed by atoms with Crippen molar-refractivity contribution in [3.05, 3.63) is 29.9 Å². The van der Waals surface area contributed by atoms with Crippen molar-refractivity contribution in [2.24, 2.45) is 7.05 Å². The molecule has 0 bridgehead atoms. The molecule has 1 atom stereocenters. The van der Waals surface area contributed by atoms with Gasteiger partial charge in [0, 0.05) is 38.7 Å². The lowest BCUT2D eigenvalue weighted by Gasteiger charge is -2.23. The largest absolute Gasteiger partial charge is 0.337 e. The highest BCUT2D eigenvalue weighted by atomic mass is 15.4. The van der Waals surface area contributed by atoms with Gasteiger partial charge in [-0.25, -0.2) is 14.6 Å². The van der Waals surface area contributed by atoms with Crippen LogP contribution in [0.1, 0.15) is 30.7 Å². The first-order valence-corrected chi connectivity index (χ1v) is 6.87. The molecule has 1 unspecified atom stereocenters. The normalized spacial score (nSPS) is 18.5. The summed E-state index contributed by atoms with van der Waals surface area (Å²) in [6, 6.07) is 0.466. The molecule has 102 valence electrons. The van der Waals surface area contributed by atoms with Gasteiger partial charge in [0.25, 0.3) is 0 Å². The molecule has 19 heavy (non-hydrogen) atoms. The van der Waals surface area contributed by atoms with Crippen LogP contribution in [0.3, 0.4) is 0 Å². The van der Waals surface area contributed by atoms with Gasteiger partial charge in [0.05, 0.1) is 18.6 Å². The summed E-state index contributed by atoms with van der Waals surface area (Å²) in [5.41, 5.74) is 1.21. The third kappa shape index (κ3) is 2.53. The Morgan fingerprint density at radius 2 is 2.37 bits per heavy atom. The van der Waals surface area contributed by atoms with Gasteiger partial charge < -0.3 is 9.88 Å². The highest BCUT2D eigenvalue weighted by Crippen LogP contribution is 2.13. The summed E-state index contributed by atoms with van der Waals surface area (Å²) in [4.78, 5) is 8.67. The fourth-order valence-electron chi connectivity index (χ4n) is 2.48. The van der Waals surface area contributed by atoms with Crippen molar-refractivity contribution < 1.29 is 0 Å². The number of imidazole rings is 1. The molecule has 1 N–H and O–H groups in total. The molecule has 0 aromatic carbocycles. The van der Waals surface area contributed by atoms with Crippen molar-refractivity contribution in [2.45, 2.75) is 45.3 Å². The molecule has 3 rings (SSSR count). The van der Waals surface area contributed by atoms with Crippen LogP contribution in [0.4, 0.5) is 0 Å². The Balaban J connectivity index is 1.61. The van der Waals surface area contributed by atoms with Crippen LogP contribution >= 0.6 is 0 Å². The molecule has 2 aromatic rings. The van der Waals surface area contributed by atoms with Gasteiger partial charge in [0.2, 0.25) is 0 Å². The zero-order chi connectivity index (χ0) is 13.2. The SMILES string of the molecule is CCc1nc2n(n1)CC(NCc1cncn1C)CC2. The summed E-state index contributed by atoms with van der Waals surface area (Å²) in [5.74, 6) is 2.10. The van der Waals surface area contributed by atoms with Crippen LogP contribution in [0.15, 0.2) is 12.5 Å². The van der Waals surface area contributed by atoms with Crippen molar-refractivity contribution in [3.8, 4) is 0 Å². The van der Waals surface area contributed by atoms with Crippen LogP contribution in [0.2, 0.25) is 0 Å². The Bertz CT molecular complexity index is 555. The Labute approximate surface area is 112 Å². The molecule has 0 radical (unpaired) electrons. The van der Waals surface area contributed by atoms with Gasteiger partial charge >= 0.3 is 0 Å². The van der Waals surface area contributed by atoms with Gasteiger partial charge in [-0.2, -0.15) is 5.10 Å². The number of hydrogen-bond donors (Lipinski definition) is 1. The maximum Gasteiger partial charge on any atom is 0.150 e. The van der Waals surface area contributed by atoms with Gasteiger partial charge in [-0.15, -0.1) is 0 Å². The summed E-state index contributed by atoms with van der Waals surface area (Å²) in [7, 11) is 2.02. The van der Waals surface area contributed by atoms with E-state index in [0.29, 0.717) is 6.04 Å². The molecule has 0 spiro atoms. The summed E-state index contributed by atoms with van der Waals surface area (Å²) < 4.78 is 4.11. The second kappa shape index (κ2) is 5.13. The standard InChI is InChI=1S/C13H20N6/c1-3-12-16-13-5-4-10(8-19(13)17-12)15-7-11-6-14-9-18(11)2/h6,9-10,15H,3-5,7-8H2,1-2H3. The fourth-order valence-corrected chi connectivity index (χ4v) is 2.48. The second-order valence-corrected chi connectivity index (χ2v) is 5.09. The molecule has 0 fully saturated rings. The number of hydrogen-bond acceptors (Lipinski definition) is 4. The lowest BCUT2D eigenvalue weighted by atomic mass is 10.1. The average molecular weight is 260 g/mol. The molecule has 1 aliphatic rings. The van der Waals surface area contributed by atoms with E-state index < -0.39 is 0 Å². The van der Waals surface area contributed by atoms with Gasteiger partial charge in [-0.3, -0.25) is 0 Å². The smallest absolute Gasteiger partial charge is 0.150 e. The zero-order valence-corrected chi connectivity index (χ0v) is 11.5. The molecule has 2 aromatic heterocycles. The van der Waals surface area contributed by atoms with E-state index in [4.69, 9.17) is 0 Å². The quantitative estimate of drug-likeness (QED) is 0.878. The highest BCUT2D eigenvalue weighted by molar-refractivity contribution is 5.00. The summed E-state index contributed by atoms with van der Waals surface area (Å²) in [5, 5.41) is 8.11. The number of aryl methyl sites for hydroxylation is 3. The minimum atomic E-state index is 0.466. The maximum atomic E-state index is 4.54. The third-order valence-electron chi connectivity index (χ3n) is 3.71. The van der Waals surface area contributed by atoms with E-state index in [-0.39, 0.29) is 0 Å². The molecule has 0 amide bonds. The number of fused-ring (bicyclic) bond motifs is 1. The Kier molecular flexibility index (Phi) is 3.33. The second-order valence-electron chi connectivity index (χ2n) is 5.09. The monoisotopic (exact) mass is 260 g/mol. The minimum absolute atomic E-state index is 0.466. The van der Waals surface area contributed by atoms with Gasteiger partial charge in [-0.05, 0) is 6.42 Å². The topological polar surface area (TPSA) is 60.6 Å². The molecule has 1 aliphatic heterocycles. The molecule has 0 saturated carbocycles. The number of nitrogens with one attached hydrogen (secondary N) is 1. The van der Waals surface area contributed by atoms with E-state index in [2.05, 4.69) is 32.0 Å². The summed E-state index contributed by atoms with van der Waals surface area (Å²) in [6.45, 7) is 3.87. The molecule has 6 heteroatoms. The van der Waals surface area contributed by atoms with Crippen molar-refractivity contribution >= 4 is 0 Å². The number of nitrogens with zero attached hydrogens (tertiary/aromatic N) is 5. The van der Waals surface area contributed by atoms with Crippen LogP contribution < -0.4 is 5.32 Å². The molecule has 6 nitrogen and oxygen atoms in total. The van der Waals surface area contributed by atoms with Gasteiger partial charge in [0.15, 0.2) is 5.82 Å². The molecule has 0 saturated heterocycles.